The molecular formula is C26H44F6O6. The predicted molar refractivity (Wildman–Crippen MR) is 128 cm³/mol. The van der Waals surface area contributed by atoms with Crippen molar-refractivity contribution >= 4 is 5.97 Å². The molecule has 1 aliphatic carbocycles. The van der Waals surface area contributed by atoms with E-state index in [4.69, 9.17) is 14.2 Å². The minimum Gasteiger partial charge on any atom is -0.462 e. The van der Waals surface area contributed by atoms with Gasteiger partial charge in [0.05, 0.1) is 35.4 Å². The Labute approximate surface area is 221 Å². The third-order valence-corrected chi connectivity index (χ3v) is 7.73. The molecule has 3 unspecified atom stereocenters. The van der Waals surface area contributed by atoms with Gasteiger partial charge < -0.3 is 24.4 Å². The molecule has 2 N–H and O–H groups in total. The topological polar surface area (TPSA) is 85.2 Å². The Morgan fingerprint density at radius 2 is 1.13 bits per heavy atom. The maximum Gasteiger partial charge on any atom is 0.428 e. The highest BCUT2D eigenvalue weighted by atomic mass is 19.4. The second-order valence-corrected chi connectivity index (χ2v) is 12.8. The van der Waals surface area contributed by atoms with Crippen molar-refractivity contribution in [1.29, 1.82) is 0 Å². The van der Waals surface area contributed by atoms with Crippen LogP contribution in [0.3, 0.4) is 0 Å². The van der Waals surface area contributed by atoms with Crippen LogP contribution in [0.4, 0.5) is 26.3 Å². The van der Waals surface area contributed by atoms with E-state index in [-0.39, 0.29) is 25.4 Å². The number of carbonyl (C=O) groups is 1. The molecule has 0 radical (unpaired) electrons. The molecule has 38 heavy (non-hydrogen) atoms. The van der Waals surface area contributed by atoms with E-state index in [1.54, 1.807) is 41.5 Å². The van der Waals surface area contributed by atoms with E-state index in [1.807, 2.05) is 6.92 Å². The van der Waals surface area contributed by atoms with Crippen molar-refractivity contribution in [2.75, 3.05) is 13.2 Å². The van der Waals surface area contributed by atoms with Crippen LogP contribution in [0.5, 0.6) is 0 Å². The van der Waals surface area contributed by atoms with Crippen LogP contribution in [0.1, 0.15) is 88.0 Å². The molecule has 0 spiro atoms. The van der Waals surface area contributed by atoms with Gasteiger partial charge in [-0.3, -0.25) is 4.79 Å². The fraction of sp³-hybridized carbons (Fsp3) is 0.962. The average molecular weight is 567 g/mol. The Morgan fingerprint density at radius 3 is 1.47 bits per heavy atom. The maximum atomic E-state index is 13.2. The summed E-state index contributed by atoms with van der Waals surface area (Å²) in [5.74, 6) is -1.47. The van der Waals surface area contributed by atoms with Crippen LogP contribution in [0.15, 0.2) is 0 Å². The second-order valence-electron chi connectivity index (χ2n) is 12.8. The Balaban J connectivity index is 3.28. The first-order valence-electron chi connectivity index (χ1n) is 12.8. The lowest BCUT2D eigenvalue weighted by atomic mass is 9.68. The van der Waals surface area contributed by atoms with Gasteiger partial charge in [0.15, 0.2) is 0 Å². The van der Waals surface area contributed by atoms with Gasteiger partial charge in [0.25, 0.3) is 5.60 Å². The highest BCUT2D eigenvalue weighted by Crippen LogP contribution is 2.47. The molecule has 1 rings (SSSR count). The molecule has 1 fully saturated rings. The van der Waals surface area contributed by atoms with Crippen molar-refractivity contribution in [3.63, 3.8) is 0 Å². The Morgan fingerprint density at radius 1 is 0.737 bits per heavy atom. The van der Waals surface area contributed by atoms with Gasteiger partial charge in [0.1, 0.15) is 6.10 Å². The van der Waals surface area contributed by atoms with Gasteiger partial charge in [-0.1, -0.05) is 6.92 Å². The highest BCUT2D eigenvalue weighted by Gasteiger charge is 2.71. The molecule has 0 bridgehead atoms. The summed E-state index contributed by atoms with van der Waals surface area (Å²) >= 11 is 0. The summed E-state index contributed by atoms with van der Waals surface area (Å²) in [4.78, 5) is 12.8. The summed E-state index contributed by atoms with van der Waals surface area (Å²) in [6, 6.07) is 0. The number of esters is 1. The third kappa shape index (κ3) is 8.69. The summed E-state index contributed by atoms with van der Waals surface area (Å²) in [5, 5.41) is 19.7. The summed E-state index contributed by atoms with van der Waals surface area (Å²) in [7, 11) is 0. The van der Waals surface area contributed by atoms with E-state index in [0.29, 0.717) is 12.8 Å². The monoisotopic (exact) mass is 566 g/mol. The fourth-order valence-corrected chi connectivity index (χ4v) is 4.17. The van der Waals surface area contributed by atoms with Crippen LogP contribution in [-0.2, 0) is 19.0 Å². The highest BCUT2D eigenvalue weighted by molar-refractivity contribution is 5.76. The summed E-state index contributed by atoms with van der Waals surface area (Å²) in [5.41, 5.74) is -9.45. The van der Waals surface area contributed by atoms with E-state index >= 15 is 0 Å². The Hall–Kier alpha value is -1.11. The van der Waals surface area contributed by atoms with Gasteiger partial charge in [0.2, 0.25) is 0 Å². The number of rotatable bonds is 11. The van der Waals surface area contributed by atoms with E-state index in [2.05, 4.69) is 0 Å². The third-order valence-electron chi connectivity index (χ3n) is 7.73. The van der Waals surface area contributed by atoms with E-state index in [0.717, 1.165) is 0 Å². The normalized spacial score (nSPS) is 22.9. The zero-order chi connectivity index (χ0) is 30.2. The van der Waals surface area contributed by atoms with E-state index in [9.17, 15) is 41.4 Å². The smallest absolute Gasteiger partial charge is 0.428 e. The second kappa shape index (κ2) is 11.4. The van der Waals surface area contributed by atoms with Gasteiger partial charge in [-0.05, 0) is 92.9 Å². The molecule has 0 aliphatic heterocycles. The number of carbonyl (C=O) groups excluding carboxylic acids is 1. The number of hydrogen-bond donors (Lipinski definition) is 2. The van der Waals surface area contributed by atoms with Gasteiger partial charge in [-0.15, -0.1) is 0 Å². The van der Waals surface area contributed by atoms with Gasteiger partial charge in [-0.2, -0.15) is 26.3 Å². The molecule has 1 aliphatic rings. The molecule has 0 saturated heterocycles. The Bertz CT molecular complexity index is 784. The minimum absolute atomic E-state index is 0.0292. The summed E-state index contributed by atoms with van der Waals surface area (Å²) < 4.78 is 96.3. The zero-order valence-corrected chi connectivity index (χ0v) is 23.8. The van der Waals surface area contributed by atoms with Crippen LogP contribution >= 0.6 is 0 Å². The number of aliphatic hydroxyl groups is 2. The van der Waals surface area contributed by atoms with Crippen molar-refractivity contribution in [2.24, 2.45) is 17.3 Å². The van der Waals surface area contributed by atoms with Crippen molar-refractivity contribution in [3.8, 4) is 0 Å². The van der Waals surface area contributed by atoms with Gasteiger partial charge in [0, 0.05) is 0 Å². The molecule has 0 aromatic heterocycles. The molecule has 226 valence electrons. The van der Waals surface area contributed by atoms with Gasteiger partial charge >= 0.3 is 18.3 Å². The quantitative estimate of drug-likeness (QED) is 0.237. The predicted octanol–water partition coefficient (Wildman–Crippen LogP) is 5.97. The largest absolute Gasteiger partial charge is 0.462 e. The maximum absolute atomic E-state index is 13.2. The van der Waals surface area contributed by atoms with Crippen LogP contribution in [0, 0.1) is 17.3 Å². The molecule has 3 atom stereocenters. The molecule has 0 aromatic rings. The molecule has 0 heterocycles. The lowest BCUT2D eigenvalue weighted by Gasteiger charge is -2.48. The summed E-state index contributed by atoms with van der Waals surface area (Å²) in [6.45, 7) is 12.5. The standard InChI is InChI=1S/C26H44F6O6/c1-10-20(2,3)19(33)38-18-12-16(22(6,7)36-14-21(4,5)34)11-17(13-18)23(8,9)37-15-24(35,25(27,28)29)26(30,31)32/h16-18,34-35H,10-15H2,1-9H3. The van der Waals surface area contributed by atoms with Crippen molar-refractivity contribution in [1.82, 2.24) is 0 Å². The molecule has 6 nitrogen and oxygen atoms in total. The van der Waals surface area contributed by atoms with Crippen LogP contribution < -0.4 is 0 Å². The summed E-state index contributed by atoms with van der Waals surface area (Å²) in [6.07, 6.45) is -11.5. The van der Waals surface area contributed by atoms with Crippen molar-refractivity contribution in [2.45, 2.75) is 129 Å². The molecule has 12 heteroatoms. The minimum atomic E-state index is -6.01. The number of halogens is 6. The van der Waals surface area contributed by atoms with E-state index in [1.165, 1.54) is 13.8 Å². The Kier molecular flexibility index (Phi) is 10.5. The number of alkyl halides is 6. The zero-order valence-electron chi connectivity index (χ0n) is 23.8. The molecule has 0 aromatic carbocycles. The van der Waals surface area contributed by atoms with Crippen molar-refractivity contribution in [3.05, 3.63) is 0 Å². The lowest BCUT2D eigenvalue weighted by Crippen LogP contribution is -2.61. The van der Waals surface area contributed by atoms with Crippen LogP contribution in [0.25, 0.3) is 0 Å². The lowest BCUT2D eigenvalue weighted by molar-refractivity contribution is -0.383. The van der Waals surface area contributed by atoms with Crippen molar-refractivity contribution < 1.29 is 55.6 Å². The van der Waals surface area contributed by atoms with Crippen LogP contribution in [0.2, 0.25) is 0 Å². The first-order chi connectivity index (χ1) is 16.7. The first-order valence-corrected chi connectivity index (χ1v) is 12.8. The average Bonchev–Trinajstić information content (AvgIpc) is 2.73. The molecular weight excluding hydrogens is 522 g/mol. The SMILES string of the molecule is CCC(C)(C)C(=O)OC1CC(C(C)(C)OCC(C)(C)O)CC(C(C)(C)OCC(O)(C(F)(F)F)C(F)(F)F)C1. The van der Waals surface area contributed by atoms with Crippen LogP contribution in [-0.4, -0.2) is 70.3 Å². The fourth-order valence-electron chi connectivity index (χ4n) is 4.17. The molecule has 0 amide bonds. The molecule has 1 saturated carbocycles. The first kappa shape index (κ1) is 34.9. The van der Waals surface area contributed by atoms with Gasteiger partial charge in [-0.25, -0.2) is 0 Å². The van der Waals surface area contributed by atoms with E-state index < -0.39 is 64.8 Å². The number of hydrogen-bond acceptors (Lipinski definition) is 6. The number of ether oxygens (including phenoxy) is 3.